The van der Waals surface area contributed by atoms with Crippen molar-refractivity contribution in [2.24, 2.45) is 5.92 Å². The Morgan fingerprint density at radius 3 is 2.89 bits per heavy atom. The number of hydrogen-bond acceptors (Lipinski definition) is 4. The molecule has 19 heavy (non-hydrogen) atoms. The van der Waals surface area contributed by atoms with Gasteiger partial charge < -0.3 is 0 Å². The lowest BCUT2D eigenvalue weighted by molar-refractivity contribution is 0.0984. The highest BCUT2D eigenvalue weighted by Gasteiger charge is 2.16. The average Bonchev–Trinajstić information content (AvgIpc) is 2.76. The summed E-state index contributed by atoms with van der Waals surface area (Å²) in [5, 5.41) is 4.49. The summed E-state index contributed by atoms with van der Waals surface area (Å²) in [7, 11) is 0. The molecule has 0 saturated carbocycles. The highest BCUT2D eigenvalue weighted by Crippen LogP contribution is 2.14. The van der Waals surface area contributed by atoms with E-state index in [0.29, 0.717) is 16.8 Å². The van der Waals surface area contributed by atoms with Gasteiger partial charge >= 0.3 is 0 Å². The molecule has 0 atom stereocenters. The summed E-state index contributed by atoms with van der Waals surface area (Å²) in [5.41, 5.74) is 0.281. The monoisotopic (exact) mass is 278 g/mol. The van der Waals surface area contributed by atoms with E-state index in [1.807, 2.05) is 0 Å². The first kappa shape index (κ1) is 13.7. The predicted octanol–water partition coefficient (Wildman–Crippen LogP) is 2.41. The number of nitrogens with zero attached hydrogens (tertiary/aromatic N) is 4. The zero-order chi connectivity index (χ0) is 13.8. The first-order chi connectivity index (χ1) is 9.08. The van der Waals surface area contributed by atoms with Crippen molar-refractivity contribution in [1.82, 2.24) is 19.7 Å². The van der Waals surface area contributed by atoms with Gasteiger partial charge in [-0.3, -0.25) is 9.78 Å². The second-order valence-corrected chi connectivity index (χ2v) is 5.09. The topological polar surface area (TPSA) is 60.7 Å². The van der Waals surface area contributed by atoms with Crippen molar-refractivity contribution in [3.63, 3.8) is 0 Å². The quantitative estimate of drug-likeness (QED) is 0.788. The molecule has 0 saturated heterocycles. The van der Waals surface area contributed by atoms with Crippen LogP contribution in [0.3, 0.4) is 0 Å². The molecule has 0 unspecified atom stereocenters. The third-order valence-electron chi connectivity index (χ3n) is 2.58. The number of halogens is 1. The van der Waals surface area contributed by atoms with E-state index in [9.17, 15) is 4.79 Å². The normalized spacial score (nSPS) is 10.9. The Balaban J connectivity index is 2.16. The fourth-order valence-electron chi connectivity index (χ4n) is 1.74. The second kappa shape index (κ2) is 5.93. The van der Waals surface area contributed by atoms with E-state index in [1.165, 1.54) is 6.33 Å². The smallest absolute Gasteiger partial charge is 0.190 e. The molecule has 0 radical (unpaired) electrons. The zero-order valence-electron chi connectivity index (χ0n) is 10.9. The average molecular weight is 279 g/mol. The molecule has 2 heterocycles. The van der Waals surface area contributed by atoms with Crippen molar-refractivity contribution in [1.29, 1.82) is 0 Å². The SMILES string of the molecule is CC(C)Cn1ncnc1CC(=O)c1ncccc1Cl. The van der Waals surface area contributed by atoms with Crippen molar-refractivity contribution < 1.29 is 4.79 Å². The fourth-order valence-corrected chi connectivity index (χ4v) is 1.97. The number of aromatic nitrogens is 4. The van der Waals surface area contributed by atoms with Crippen molar-refractivity contribution in [3.05, 3.63) is 41.2 Å². The van der Waals surface area contributed by atoms with Gasteiger partial charge in [0.1, 0.15) is 17.8 Å². The third-order valence-corrected chi connectivity index (χ3v) is 2.88. The lowest BCUT2D eigenvalue weighted by atomic mass is 10.2. The molecule has 2 aromatic heterocycles. The number of carbonyl (C=O) groups excluding carboxylic acids is 1. The Bertz CT molecular complexity index is 580. The lowest BCUT2D eigenvalue weighted by Crippen LogP contribution is -2.15. The summed E-state index contributed by atoms with van der Waals surface area (Å²) < 4.78 is 1.75. The summed E-state index contributed by atoms with van der Waals surface area (Å²) in [6, 6.07) is 3.35. The molecule has 5 nitrogen and oxygen atoms in total. The number of rotatable bonds is 5. The van der Waals surface area contributed by atoms with E-state index >= 15 is 0 Å². The molecular formula is C13H15ClN4O. The Kier molecular flexibility index (Phi) is 4.27. The van der Waals surface area contributed by atoms with Crippen LogP contribution < -0.4 is 0 Å². The van der Waals surface area contributed by atoms with Crippen LogP contribution in [0.1, 0.15) is 30.2 Å². The minimum atomic E-state index is -0.149. The third kappa shape index (κ3) is 3.38. The van der Waals surface area contributed by atoms with Crippen molar-refractivity contribution in [3.8, 4) is 0 Å². The molecule has 0 bridgehead atoms. The van der Waals surface area contributed by atoms with E-state index in [-0.39, 0.29) is 17.9 Å². The summed E-state index contributed by atoms with van der Waals surface area (Å²) in [4.78, 5) is 20.3. The van der Waals surface area contributed by atoms with Gasteiger partial charge in [-0.25, -0.2) is 9.67 Å². The van der Waals surface area contributed by atoms with Crippen LogP contribution in [0.2, 0.25) is 5.02 Å². The van der Waals surface area contributed by atoms with E-state index < -0.39 is 0 Å². The standard InChI is InChI=1S/C13H15ClN4O/c1-9(2)7-18-12(16-8-17-18)6-11(19)13-10(14)4-3-5-15-13/h3-5,8-9H,6-7H2,1-2H3. The number of carbonyl (C=O) groups is 1. The summed E-state index contributed by atoms with van der Waals surface area (Å²) in [6.45, 7) is 4.91. The Morgan fingerprint density at radius 1 is 1.42 bits per heavy atom. The van der Waals surface area contributed by atoms with Crippen molar-refractivity contribution in [2.45, 2.75) is 26.8 Å². The number of pyridine rings is 1. The molecule has 0 aliphatic rings. The number of Topliss-reactive ketones (excluding diaryl/α,β-unsaturated/α-hetero) is 1. The van der Waals surface area contributed by atoms with Crippen molar-refractivity contribution >= 4 is 17.4 Å². The first-order valence-corrected chi connectivity index (χ1v) is 6.46. The largest absolute Gasteiger partial charge is 0.292 e. The minimum absolute atomic E-state index is 0.149. The van der Waals surface area contributed by atoms with Crippen LogP contribution in [-0.4, -0.2) is 25.5 Å². The molecule has 2 aromatic rings. The van der Waals surface area contributed by atoms with Gasteiger partial charge in [-0.1, -0.05) is 25.4 Å². The van der Waals surface area contributed by atoms with Gasteiger partial charge in [0, 0.05) is 12.7 Å². The van der Waals surface area contributed by atoms with Gasteiger partial charge in [-0.15, -0.1) is 0 Å². The Labute approximate surface area is 116 Å². The van der Waals surface area contributed by atoms with Crippen LogP contribution in [0.15, 0.2) is 24.7 Å². The Morgan fingerprint density at radius 2 is 2.21 bits per heavy atom. The highest BCUT2D eigenvalue weighted by molar-refractivity contribution is 6.33. The predicted molar refractivity (Wildman–Crippen MR) is 72.1 cm³/mol. The summed E-state index contributed by atoms with van der Waals surface area (Å²) >= 11 is 5.96. The van der Waals surface area contributed by atoms with Crippen molar-refractivity contribution in [2.75, 3.05) is 0 Å². The molecule has 0 N–H and O–H groups in total. The second-order valence-electron chi connectivity index (χ2n) is 4.69. The molecule has 0 aromatic carbocycles. The van der Waals surface area contributed by atoms with Gasteiger partial charge in [-0.2, -0.15) is 5.10 Å². The van der Waals surface area contributed by atoms with Crippen LogP contribution >= 0.6 is 11.6 Å². The number of hydrogen-bond donors (Lipinski definition) is 0. The van der Waals surface area contributed by atoms with Gasteiger partial charge in [0.2, 0.25) is 0 Å². The van der Waals surface area contributed by atoms with Crippen LogP contribution in [0.4, 0.5) is 0 Å². The maximum Gasteiger partial charge on any atom is 0.190 e. The first-order valence-electron chi connectivity index (χ1n) is 6.08. The molecule has 0 spiro atoms. The maximum absolute atomic E-state index is 12.1. The molecule has 100 valence electrons. The van der Waals surface area contributed by atoms with E-state index in [2.05, 4.69) is 28.9 Å². The van der Waals surface area contributed by atoms with Crippen LogP contribution in [0, 0.1) is 5.92 Å². The zero-order valence-corrected chi connectivity index (χ0v) is 11.6. The van der Waals surface area contributed by atoms with Gasteiger partial charge in [0.25, 0.3) is 0 Å². The molecular weight excluding hydrogens is 264 g/mol. The summed E-state index contributed by atoms with van der Waals surface area (Å²) in [5.74, 6) is 0.929. The minimum Gasteiger partial charge on any atom is -0.292 e. The van der Waals surface area contributed by atoms with E-state index in [1.54, 1.807) is 23.0 Å². The number of ketones is 1. The molecule has 6 heteroatoms. The van der Waals surface area contributed by atoms with Crippen LogP contribution in [-0.2, 0) is 13.0 Å². The van der Waals surface area contributed by atoms with Gasteiger partial charge in [0.15, 0.2) is 5.78 Å². The maximum atomic E-state index is 12.1. The fraction of sp³-hybridized carbons (Fsp3) is 0.385. The van der Waals surface area contributed by atoms with Gasteiger partial charge in [-0.05, 0) is 18.1 Å². The molecule has 0 aliphatic carbocycles. The van der Waals surface area contributed by atoms with Crippen LogP contribution in [0.5, 0.6) is 0 Å². The molecule has 0 aliphatic heterocycles. The van der Waals surface area contributed by atoms with Crippen LogP contribution in [0.25, 0.3) is 0 Å². The molecule has 0 amide bonds. The van der Waals surface area contributed by atoms with E-state index in [4.69, 9.17) is 11.6 Å². The highest BCUT2D eigenvalue weighted by atomic mass is 35.5. The molecule has 0 fully saturated rings. The summed E-state index contributed by atoms with van der Waals surface area (Å²) in [6.07, 6.45) is 3.17. The van der Waals surface area contributed by atoms with Gasteiger partial charge in [0.05, 0.1) is 11.4 Å². The lowest BCUT2D eigenvalue weighted by Gasteiger charge is -2.08. The molecule has 2 rings (SSSR count). The van der Waals surface area contributed by atoms with E-state index in [0.717, 1.165) is 6.54 Å². The Hall–Kier alpha value is -1.75.